The molecule has 93 heavy (non-hydrogen) atoms. The molecule has 8 bridgehead atoms. The molecule has 5 aliphatic rings. The number of rotatable bonds is 19. The molecule has 5 aliphatic heterocycles. The van der Waals surface area contributed by atoms with Gasteiger partial charge in [-0.05, 0) is 104 Å². The van der Waals surface area contributed by atoms with E-state index in [1.54, 1.807) is 39.9 Å². The fourth-order valence-corrected chi connectivity index (χ4v) is 20.3. The van der Waals surface area contributed by atoms with Gasteiger partial charge in [0.2, 0.25) is 5.89 Å². The first-order valence-electron chi connectivity index (χ1n) is 34.1. The van der Waals surface area contributed by atoms with Crippen LogP contribution in [-0.2, 0) is 58.0 Å². The lowest BCUT2D eigenvalue weighted by molar-refractivity contribution is -0.297. The minimum atomic E-state index is -3.15. The highest BCUT2D eigenvalue weighted by Crippen LogP contribution is 2.45. The molecular formula is C76H108N2O13Si2. The maximum absolute atomic E-state index is 14.0. The van der Waals surface area contributed by atoms with Gasteiger partial charge in [0.05, 0.1) is 73.7 Å². The summed E-state index contributed by atoms with van der Waals surface area (Å²) in [7, 11) is -0.0799. The molecule has 2 aromatic carbocycles. The first kappa shape index (κ1) is 72.1. The zero-order valence-electron chi connectivity index (χ0n) is 58.5. The van der Waals surface area contributed by atoms with Crippen LogP contribution >= 0.6 is 0 Å². The van der Waals surface area contributed by atoms with Gasteiger partial charge in [-0.1, -0.05) is 178 Å². The number of nitrogens with zero attached hydrogens (tertiary/aromatic N) is 2. The maximum Gasteiger partial charge on any atom is 0.330 e. The maximum atomic E-state index is 14.0. The highest BCUT2D eigenvalue weighted by Gasteiger charge is 2.55. The second-order valence-electron chi connectivity index (χ2n) is 29.5. The number of hydrogen-bond donors (Lipinski definition) is 0. The molecule has 0 unspecified atom stereocenters. The lowest BCUT2D eigenvalue weighted by Gasteiger charge is -2.49. The quantitative estimate of drug-likeness (QED) is 0.0377. The predicted octanol–water partition coefficient (Wildman–Crippen LogP) is 15.5. The number of carbonyl (C=O) groups excluding carboxylic acids is 1. The molecule has 0 aliphatic carbocycles. The van der Waals surface area contributed by atoms with Crippen molar-refractivity contribution in [1.29, 1.82) is 0 Å². The van der Waals surface area contributed by atoms with E-state index in [4.69, 9.17) is 65.5 Å². The average Bonchev–Trinajstić information content (AvgIpc) is 0.848. The van der Waals surface area contributed by atoms with Crippen molar-refractivity contribution in [2.24, 2.45) is 11.8 Å². The number of oxazole rings is 2. The minimum Gasteiger partial charge on any atom is -0.458 e. The third kappa shape index (κ3) is 17.9. The normalized spacial score (nSPS) is 30.5. The van der Waals surface area contributed by atoms with Gasteiger partial charge in [0, 0.05) is 64.9 Å². The third-order valence-electron chi connectivity index (χ3n) is 20.3. The van der Waals surface area contributed by atoms with Crippen LogP contribution < -0.4 is 10.4 Å². The van der Waals surface area contributed by atoms with Crippen molar-refractivity contribution in [3.05, 3.63) is 156 Å². The first-order chi connectivity index (χ1) is 44.2. The van der Waals surface area contributed by atoms with Gasteiger partial charge in [-0.3, -0.25) is 0 Å². The SMILES string of the molecule is C=C1C[C@@H]2C[C@@H]3C[C@@H](O[Si](C)(C)C(C)(C)C)C[C@@H](O3)c3coc(n3)/C=C\C[C@H]3O[C@@H](/C(C)=C/c4cnc(C[C@]5(OC)C[C@H](OC)C[C@H]([C@@H](/C=C(C)/C=C/[C@H](CCC)OC)O[Si](c6ccccc6)(c6ccccc6)C(C)(C)C)O5)o4)[C@H](C)[C@@H](OC(=O)/C=C\C[C@@H](C1)O2)[C@H]3C. The first-order valence-corrected chi connectivity index (χ1v) is 38.9. The Balaban J connectivity index is 0.985. The van der Waals surface area contributed by atoms with E-state index in [2.05, 4.69) is 168 Å². The molecule has 0 radical (unpaired) electrons. The van der Waals surface area contributed by atoms with Crippen LogP contribution in [0.2, 0.25) is 23.2 Å². The van der Waals surface area contributed by atoms with E-state index in [0.29, 0.717) is 62.5 Å². The highest BCUT2D eigenvalue weighted by atomic mass is 28.4. The summed E-state index contributed by atoms with van der Waals surface area (Å²) >= 11 is 0. The zero-order chi connectivity index (χ0) is 66.9. The molecule has 508 valence electrons. The second-order valence-corrected chi connectivity index (χ2v) is 38.5. The van der Waals surface area contributed by atoms with Gasteiger partial charge in [0.25, 0.3) is 8.32 Å². The summed E-state index contributed by atoms with van der Waals surface area (Å²) in [6, 6.07) is 21.4. The van der Waals surface area contributed by atoms with E-state index < -0.39 is 52.8 Å². The smallest absolute Gasteiger partial charge is 0.330 e. The summed E-state index contributed by atoms with van der Waals surface area (Å²) in [5, 5.41) is 2.06. The molecule has 0 spiro atoms. The number of aromatic nitrogens is 2. The fraction of sp³-hybridized carbons (Fsp3) is 0.592. The van der Waals surface area contributed by atoms with Crippen molar-refractivity contribution < 1.29 is 60.4 Å². The standard InChI is InChI=1S/C76H108N2O13Si2/c1-18-27-55(80-13)37-36-50(2)40-68(91-93(75(10,11)12,62-29-21-19-22-30-62)63-31-23-20-24-32-63)67-45-60(81-14)46-76(82-15,89-67)47-70-77-48-61(86-70)41-52(4)72-54(6)73-53(5)65(87-72)33-26-34-69-78-64(49-83-69)66-44-59(90-92(16,17)74(7,8)9)43-58(85-66)42-57-39-51(3)38-56(84-57)28-25-35-71(79)88-73/h19-26,29-32,34-37,40-41,48-49,53-60,65-68,72-73H,3,18,27-28,33,38-39,42-47H2,1-2,4-17H3/b34-26-,35-25-,37-36+,50-40+,52-41+/t53-,54-,55-,56-,57+,58+,59+,60+,65+,66+,67+,68+,72-,73-,76-/m0/s1. The van der Waals surface area contributed by atoms with Crippen molar-refractivity contribution in [2.45, 2.75) is 255 Å². The van der Waals surface area contributed by atoms with Crippen molar-refractivity contribution in [1.82, 2.24) is 9.97 Å². The number of ether oxygens (including phenoxy) is 8. The Hall–Kier alpha value is -5.16. The number of esters is 1. The van der Waals surface area contributed by atoms with Gasteiger partial charge in [0.15, 0.2) is 20.0 Å². The number of methoxy groups -OCH3 is 3. The summed E-state index contributed by atoms with van der Waals surface area (Å²) in [5.41, 5.74) is 3.78. The summed E-state index contributed by atoms with van der Waals surface area (Å²) < 4.78 is 81.1. The molecule has 0 amide bonds. The monoisotopic (exact) mass is 1310 g/mol. The number of benzene rings is 2. The van der Waals surface area contributed by atoms with Gasteiger partial charge >= 0.3 is 5.97 Å². The largest absolute Gasteiger partial charge is 0.458 e. The van der Waals surface area contributed by atoms with Crippen LogP contribution in [0, 0.1) is 11.8 Å². The van der Waals surface area contributed by atoms with Crippen LogP contribution in [0.1, 0.15) is 176 Å². The lowest BCUT2D eigenvalue weighted by Crippen LogP contribution is -2.69. The van der Waals surface area contributed by atoms with Crippen LogP contribution in [0.15, 0.2) is 142 Å². The van der Waals surface area contributed by atoms with Gasteiger partial charge in [-0.15, -0.1) is 0 Å². The van der Waals surface area contributed by atoms with Crippen LogP contribution in [0.4, 0.5) is 0 Å². The van der Waals surface area contributed by atoms with E-state index in [0.717, 1.165) is 58.5 Å². The Morgan fingerprint density at radius 1 is 0.828 bits per heavy atom. The minimum absolute atomic E-state index is 0.00840. The van der Waals surface area contributed by atoms with E-state index in [9.17, 15) is 4.79 Å². The number of fused-ring (bicyclic) bond motifs is 9. The molecule has 9 rings (SSSR count). The molecule has 4 saturated heterocycles. The Morgan fingerprint density at radius 3 is 2.18 bits per heavy atom. The lowest BCUT2D eigenvalue weighted by atomic mass is 9.79. The Kier molecular flexibility index (Phi) is 24.3. The topological polar surface area (TPSA) is 161 Å². The summed E-state index contributed by atoms with van der Waals surface area (Å²) in [6.07, 6.45) is 23.7. The van der Waals surface area contributed by atoms with E-state index >= 15 is 0 Å². The molecule has 15 atom stereocenters. The molecular weight excluding hydrogens is 1210 g/mol. The molecule has 0 saturated carbocycles. The Bertz CT molecular complexity index is 3190. The summed E-state index contributed by atoms with van der Waals surface area (Å²) in [4.78, 5) is 23.8. The van der Waals surface area contributed by atoms with Crippen molar-refractivity contribution >= 4 is 45.1 Å². The van der Waals surface area contributed by atoms with E-state index in [1.807, 2.05) is 31.2 Å². The number of allylic oxidation sites excluding steroid dienone is 2. The van der Waals surface area contributed by atoms with Gasteiger partial charge < -0.3 is 55.6 Å². The zero-order valence-corrected chi connectivity index (χ0v) is 60.5. The summed E-state index contributed by atoms with van der Waals surface area (Å²) in [5.74, 6) is -0.584. The van der Waals surface area contributed by atoms with Crippen molar-refractivity contribution in [3.8, 4) is 0 Å². The van der Waals surface area contributed by atoms with Crippen molar-refractivity contribution in [3.63, 3.8) is 0 Å². The van der Waals surface area contributed by atoms with Crippen LogP contribution in [0.5, 0.6) is 0 Å². The number of hydrogen-bond acceptors (Lipinski definition) is 15. The average molecular weight is 1310 g/mol. The third-order valence-corrected chi connectivity index (χ3v) is 29.9. The molecule has 0 N–H and O–H groups in total. The second kappa shape index (κ2) is 31.4. The van der Waals surface area contributed by atoms with E-state index in [-0.39, 0.29) is 77.2 Å². The van der Waals surface area contributed by atoms with Crippen LogP contribution in [0.25, 0.3) is 12.2 Å². The molecule has 7 heterocycles. The van der Waals surface area contributed by atoms with Gasteiger partial charge in [-0.25, -0.2) is 14.8 Å². The fourth-order valence-electron chi connectivity index (χ4n) is 14.3. The van der Waals surface area contributed by atoms with Gasteiger partial charge in [-0.2, -0.15) is 0 Å². The molecule has 17 heteroatoms. The molecule has 2 aromatic heterocycles. The van der Waals surface area contributed by atoms with Crippen LogP contribution in [-0.4, -0.2) is 127 Å². The molecule has 15 nitrogen and oxygen atoms in total. The summed E-state index contributed by atoms with van der Waals surface area (Å²) in [6.45, 7) is 33.2. The Labute approximate surface area is 557 Å². The molecule has 4 fully saturated rings. The van der Waals surface area contributed by atoms with Crippen molar-refractivity contribution in [2.75, 3.05) is 21.3 Å². The highest BCUT2D eigenvalue weighted by molar-refractivity contribution is 6.99. The van der Waals surface area contributed by atoms with Crippen LogP contribution in [0.3, 0.4) is 0 Å². The number of carbonyl (C=O) groups is 1. The van der Waals surface area contributed by atoms with Gasteiger partial charge in [0.1, 0.15) is 29.9 Å². The van der Waals surface area contributed by atoms with E-state index in [1.165, 1.54) is 0 Å². The Morgan fingerprint density at radius 2 is 1.53 bits per heavy atom. The molecule has 4 aromatic rings. The predicted molar refractivity (Wildman–Crippen MR) is 371 cm³/mol.